The van der Waals surface area contributed by atoms with Crippen LogP contribution in [-0.4, -0.2) is 39.0 Å². The monoisotopic (exact) mass is 298 g/mol. The summed E-state index contributed by atoms with van der Waals surface area (Å²) in [7, 11) is -1.90. The number of hydrogen-bond donors (Lipinski definition) is 1. The van der Waals surface area contributed by atoms with Gasteiger partial charge in [-0.25, -0.2) is 8.42 Å². The van der Waals surface area contributed by atoms with Crippen LogP contribution in [-0.2, 0) is 10.0 Å². The first-order valence-electron chi connectivity index (χ1n) is 6.85. The molecule has 1 aliphatic heterocycles. The zero-order chi connectivity index (χ0) is 14.8. The van der Waals surface area contributed by atoms with Crippen molar-refractivity contribution in [2.24, 2.45) is 11.7 Å². The fourth-order valence-electron chi connectivity index (χ4n) is 2.55. The third kappa shape index (κ3) is 3.13. The molecule has 0 bridgehead atoms. The van der Waals surface area contributed by atoms with Crippen LogP contribution in [0.25, 0.3) is 0 Å². The first-order valence-corrected chi connectivity index (χ1v) is 8.29. The van der Waals surface area contributed by atoms with Gasteiger partial charge < -0.3 is 10.5 Å². The third-order valence-corrected chi connectivity index (χ3v) is 5.82. The van der Waals surface area contributed by atoms with Gasteiger partial charge in [-0.2, -0.15) is 4.31 Å². The Kier molecular flexibility index (Phi) is 4.67. The number of hydrogen-bond acceptors (Lipinski definition) is 4. The molecule has 0 radical (unpaired) electrons. The topological polar surface area (TPSA) is 72.6 Å². The van der Waals surface area contributed by atoms with E-state index in [1.54, 1.807) is 28.6 Å². The average molecular weight is 298 g/mol. The Hall–Kier alpha value is -1.11. The van der Waals surface area contributed by atoms with Crippen LogP contribution in [0.1, 0.15) is 19.8 Å². The summed E-state index contributed by atoms with van der Waals surface area (Å²) in [5, 5.41) is 0. The molecule has 1 fully saturated rings. The molecule has 1 atom stereocenters. The molecule has 1 aliphatic rings. The van der Waals surface area contributed by atoms with Crippen molar-refractivity contribution in [1.29, 1.82) is 0 Å². The SMILES string of the molecule is COc1cccc(S(=O)(=O)N2CCC(C(C)N)CC2)c1. The average Bonchev–Trinajstić information content (AvgIpc) is 2.47. The van der Waals surface area contributed by atoms with Crippen LogP contribution in [0, 0.1) is 5.92 Å². The molecule has 0 spiro atoms. The Morgan fingerprint density at radius 1 is 1.35 bits per heavy atom. The van der Waals surface area contributed by atoms with Crippen molar-refractivity contribution in [2.45, 2.75) is 30.7 Å². The summed E-state index contributed by atoms with van der Waals surface area (Å²) in [6.07, 6.45) is 1.64. The summed E-state index contributed by atoms with van der Waals surface area (Å²) in [6, 6.07) is 6.72. The lowest BCUT2D eigenvalue weighted by molar-refractivity contribution is 0.250. The minimum absolute atomic E-state index is 0.122. The molecule has 1 saturated heterocycles. The first-order chi connectivity index (χ1) is 9.45. The Bertz CT molecular complexity index is 549. The van der Waals surface area contributed by atoms with Crippen LogP contribution < -0.4 is 10.5 Å². The molecule has 5 nitrogen and oxygen atoms in total. The molecule has 2 rings (SSSR count). The molecule has 6 heteroatoms. The minimum Gasteiger partial charge on any atom is -0.497 e. The van der Waals surface area contributed by atoms with Gasteiger partial charge in [0.25, 0.3) is 0 Å². The first kappa shape index (κ1) is 15.3. The Labute approximate surface area is 120 Å². The molecule has 1 aromatic rings. The highest BCUT2D eigenvalue weighted by Gasteiger charge is 2.30. The molecule has 112 valence electrons. The molecule has 2 N–H and O–H groups in total. The van der Waals surface area contributed by atoms with E-state index in [2.05, 4.69) is 0 Å². The highest BCUT2D eigenvalue weighted by atomic mass is 32.2. The van der Waals surface area contributed by atoms with Gasteiger partial charge in [0, 0.05) is 25.2 Å². The second-order valence-electron chi connectivity index (χ2n) is 5.28. The van der Waals surface area contributed by atoms with E-state index in [4.69, 9.17) is 10.5 Å². The molecular formula is C14H22N2O3S. The van der Waals surface area contributed by atoms with Crippen LogP contribution in [0.15, 0.2) is 29.2 Å². The van der Waals surface area contributed by atoms with Gasteiger partial charge in [0.2, 0.25) is 10.0 Å². The number of sulfonamides is 1. The molecule has 0 amide bonds. The molecule has 1 unspecified atom stereocenters. The lowest BCUT2D eigenvalue weighted by atomic mass is 9.92. The summed E-state index contributed by atoms with van der Waals surface area (Å²) in [5.74, 6) is 0.961. The van der Waals surface area contributed by atoms with Crippen LogP contribution in [0.5, 0.6) is 5.75 Å². The van der Waals surface area contributed by atoms with E-state index in [1.165, 1.54) is 7.11 Å². The van der Waals surface area contributed by atoms with Gasteiger partial charge in [0.05, 0.1) is 12.0 Å². The lowest BCUT2D eigenvalue weighted by Gasteiger charge is -2.32. The van der Waals surface area contributed by atoms with Gasteiger partial charge in [-0.05, 0) is 37.8 Å². The molecule has 0 aromatic heterocycles. The zero-order valence-corrected chi connectivity index (χ0v) is 12.8. The highest BCUT2D eigenvalue weighted by Crippen LogP contribution is 2.26. The van der Waals surface area contributed by atoms with E-state index in [0.717, 1.165) is 12.8 Å². The molecule has 0 saturated carbocycles. The summed E-state index contributed by atoms with van der Waals surface area (Å²) in [5.41, 5.74) is 5.89. The quantitative estimate of drug-likeness (QED) is 0.913. The lowest BCUT2D eigenvalue weighted by Crippen LogP contribution is -2.42. The van der Waals surface area contributed by atoms with Gasteiger partial charge in [0.15, 0.2) is 0 Å². The van der Waals surface area contributed by atoms with Crippen LogP contribution in [0.3, 0.4) is 0 Å². The van der Waals surface area contributed by atoms with Crippen molar-refractivity contribution in [3.05, 3.63) is 24.3 Å². The second-order valence-corrected chi connectivity index (χ2v) is 7.22. The van der Waals surface area contributed by atoms with Gasteiger partial charge in [-0.1, -0.05) is 6.07 Å². The summed E-state index contributed by atoms with van der Waals surface area (Å²) in [6.45, 7) is 3.05. The predicted octanol–water partition coefficient (Wildman–Crippen LogP) is 1.44. The predicted molar refractivity (Wildman–Crippen MR) is 78.1 cm³/mol. The second kappa shape index (κ2) is 6.11. The Balaban J connectivity index is 2.15. The maximum absolute atomic E-state index is 12.6. The normalized spacial score (nSPS) is 19.8. The van der Waals surface area contributed by atoms with Gasteiger partial charge in [-0.3, -0.25) is 0 Å². The standard InChI is InChI=1S/C14H22N2O3S/c1-11(15)12-6-8-16(9-7-12)20(17,18)14-5-3-4-13(10-14)19-2/h3-5,10-12H,6-9,15H2,1-2H3. The fourth-order valence-corrected chi connectivity index (χ4v) is 4.06. The molecule has 20 heavy (non-hydrogen) atoms. The van der Waals surface area contributed by atoms with Crippen molar-refractivity contribution in [3.63, 3.8) is 0 Å². The van der Waals surface area contributed by atoms with Gasteiger partial charge in [0.1, 0.15) is 5.75 Å². The van der Waals surface area contributed by atoms with Crippen molar-refractivity contribution in [2.75, 3.05) is 20.2 Å². The number of ether oxygens (including phenoxy) is 1. The molecule has 0 aliphatic carbocycles. The van der Waals surface area contributed by atoms with Crippen LogP contribution in [0.4, 0.5) is 0 Å². The Morgan fingerprint density at radius 2 is 2.00 bits per heavy atom. The van der Waals surface area contributed by atoms with E-state index in [9.17, 15) is 8.42 Å². The van der Waals surface area contributed by atoms with Crippen molar-refractivity contribution in [1.82, 2.24) is 4.31 Å². The molecule has 1 heterocycles. The number of methoxy groups -OCH3 is 1. The van der Waals surface area contributed by atoms with E-state index in [0.29, 0.717) is 24.8 Å². The summed E-state index contributed by atoms with van der Waals surface area (Å²) < 4.78 is 31.8. The smallest absolute Gasteiger partial charge is 0.243 e. The minimum atomic E-state index is -3.43. The number of piperidine rings is 1. The number of benzene rings is 1. The van der Waals surface area contributed by atoms with Crippen LogP contribution >= 0.6 is 0 Å². The highest BCUT2D eigenvalue weighted by molar-refractivity contribution is 7.89. The fraction of sp³-hybridized carbons (Fsp3) is 0.571. The van der Waals surface area contributed by atoms with E-state index < -0.39 is 10.0 Å². The van der Waals surface area contributed by atoms with Gasteiger partial charge >= 0.3 is 0 Å². The maximum atomic E-state index is 12.6. The number of nitrogens with two attached hydrogens (primary N) is 1. The van der Waals surface area contributed by atoms with Crippen molar-refractivity contribution < 1.29 is 13.2 Å². The zero-order valence-electron chi connectivity index (χ0n) is 12.0. The molecule has 1 aromatic carbocycles. The molecular weight excluding hydrogens is 276 g/mol. The third-order valence-electron chi connectivity index (χ3n) is 3.92. The Morgan fingerprint density at radius 3 is 2.55 bits per heavy atom. The number of nitrogens with zero attached hydrogens (tertiary/aromatic N) is 1. The van der Waals surface area contributed by atoms with Crippen LogP contribution in [0.2, 0.25) is 0 Å². The van der Waals surface area contributed by atoms with Crippen molar-refractivity contribution >= 4 is 10.0 Å². The largest absolute Gasteiger partial charge is 0.497 e. The number of rotatable bonds is 4. The van der Waals surface area contributed by atoms with E-state index in [-0.39, 0.29) is 10.9 Å². The maximum Gasteiger partial charge on any atom is 0.243 e. The van der Waals surface area contributed by atoms with E-state index in [1.807, 2.05) is 6.92 Å². The van der Waals surface area contributed by atoms with E-state index >= 15 is 0 Å². The van der Waals surface area contributed by atoms with Gasteiger partial charge in [-0.15, -0.1) is 0 Å². The van der Waals surface area contributed by atoms with Crippen molar-refractivity contribution in [3.8, 4) is 5.75 Å². The summed E-state index contributed by atoms with van der Waals surface area (Å²) >= 11 is 0. The summed E-state index contributed by atoms with van der Waals surface area (Å²) in [4.78, 5) is 0.288.